The van der Waals surface area contributed by atoms with Crippen LogP contribution in [0.2, 0.25) is 0 Å². The molecule has 0 fully saturated rings. The molecule has 0 saturated heterocycles. The summed E-state index contributed by atoms with van der Waals surface area (Å²) in [4.78, 5) is 11.7. The average molecular weight is 355 g/mol. The van der Waals surface area contributed by atoms with Crippen LogP contribution in [-0.2, 0) is 22.3 Å². The van der Waals surface area contributed by atoms with Crippen LogP contribution in [0.5, 0.6) is 0 Å². The second-order valence-corrected chi connectivity index (χ2v) is 5.38. The average Bonchev–Trinajstić information content (AvgIpc) is 2.56. The molecule has 1 amide bonds. The van der Waals surface area contributed by atoms with Crippen LogP contribution in [0.4, 0.5) is 23.2 Å². The van der Waals surface area contributed by atoms with Crippen molar-refractivity contribution in [2.75, 3.05) is 11.9 Å². The lowest BCUT2D eigenvalue weighted by atomic mass is 10.2. The molecule has 1 N–H and O–H groups in total. The highest BCUT2D eigenvalue weighted by atomic mass is 19.4. The van der Waals surface area contributed by atoms with Crippen molar-refractivity contribution in [1.29, 1.82) is 0 Å². The molecule has 0 aliphatic rings. The Labute approximate surface area is 142 Å². The van der Waals surface area contributed by atoms with E-state index in [1.54, 1.807) is 0 Å². The number of amides is 1. The van der Waals surface area contributed by atoms with Gasteiger partial charge >= 0.3 is 6.18 Å². The fourth-order valence-electron chi connectivity index (χ4n) is 2.11. The van der Waals surface area contributed by atoms with Gasteiger partial charge in [0.2, 0.25) is 5.91 Å². The van der Waals surface area contributed by atoms with Gasteiger partial charge in [-0.15, -0.1) is 0 Å². The van der Waals surface area contributed by atoms with Crippen LogP contribution in [0.1, 0.15) is 24.0 Å². The summed E-state index contributed by atoms with van der Waals surface area (Å²) in [5.74, 6) is -1.48. The van der Waals surface area contributed by atoms with Crippen LogP contribution in [0.15, 0.2) is 48.5 Å². The van der Waals surface area contributed by atoms with E-state index in [9.17, 15) is 22.4 Å². The van der Waals surface area contributed by atoms with Crippen LogP contribution in [0.25, 0.3) is 0 Å². The summed E-state index contributed by atoms with van der Waals surface area (Å²) >= 11 is 0. The van der Waals surface area contributed by atoms with Gasteiger partial charge in [0.05, 0.1) is 17.9 Å². The molecule has 2 aromatic rings. The van der Waals surface area contributed by atoms with Gasteiger partial charge in [0.25, 0.3) is 0 Å². The van der Waals surface area contributed by atoms with Crippen molar-refractivity contribution in [2.24, 2.45) is 0 Å². The smallest absolute Gasteiger partial charge is 0.377 e. The third kappa shape index (κ3) is 6.19. The summed E-state index contributed by atoms with van der Waals surface area (Å²) in [5, 5.41) is 2.16. The number of hydrogen-bond acceptors (Lipinski definition) is 2. The molecule has 3 nitrogen and oxygen atoms in total. The highest BCUT2D eigenvalue weighted by Crippen LogP contribution is 2.31. The van der Waals surface area contributed by atoms with E-state index in [0.717, 1.165) is 5.56 Å². The van der Waals surface area contributed by atoms with E-state index < -0.39 is 29.2 Å². The number of hydrogen-bond donors (Lipinski definition) is 1. The Hall–Kier alpha value is -2.41. The maximum Gasteiger partial charge on any atom is 0.416 e. The fourth-order valence-corrected chi connectivity index (χ4v) is 2.11. The number of rotatable bonds is 7. The number of benzene rings is 2. The Morgan fingerprint density at radius 1 is 1.08 bits per heavy atom. The second kappa shape index (κ2) is 8.62. The van der Waals surface area contributed by atoms with Crippen LogP contribution in [0, 0.1) is 5.82 Å². The summed E-state index contributed by atoms with van der Waals surface area (Å²) in [6.07, 6.45) is -4.21. The van der Waals surface area contributed by atoms with Crippen molar-refractivity contribution < 1.29 is 27.1 Å². The van der Waals surface area contributed by atoms with Gasteiger partial charge in [-0.1, -0.05) is 30.3 Å². The van der Waals surface area contributed by atoms with Crippen molar-refractivity contribution >= 4 is 11.6 Å². The van der Waals surface area contributed by atoms with Crippen LogP contribution in [-0.4, -0.2) is 12.5 Å². The van der Waals surface area contributed by atoms with Gasteiger partial charge in [-0.2, -0.15) is 13.2 Å². The number of anilines is 1. The lowest BCUT2D eigenvalue weighted by molar-refractivity contribution is -0.137. The van der Waals surface area contributed by atoms with Crippen molar-refractivity contribution in [2.45, 2.75) is 25.6 Å². The van der Waals surface area contributed by atoms with E-state index in [-0.39, 0.29) is 6.42 Å². The topological polar surface area (TPSA) is 38.3 Å². The highest BCUT2D eigenvalue weighted by Gasteiger charge is 2.31. The van der Waals surface area contributed by atoms with E-state index >= 15 is 0 Å². The lowest BCUT2D eigenvalue weighted by Crippen LogP contribution is -2.14. The Bertz CT molecular complexity index is 702. The SMILES string of the molecule is O=C(CCCOCc1ccccc1)Nc1cc(C(F)(F)F)ccc1F. The molecule has 0 saturated carbocycles. The molecular weight excluding hydrogens is 338 g/mol. The van der Waals surface area contributed by atoms with E-state index in [1.807, 2.05) is 30.3 Å². The zero-order chi connectivity index (χ0) is 18.3. The molecule has 0 spiro atoms. The summed E-state index contributed by atoms with van der Waals surface area (Å²) in [6, 6.07) is 11.4. The van der Waals surface area contributed by atoms with Gasteiger partial charge in [0.15, 0.2) is 0 Å². The number of alkyl halides is 3. The summed E-state index contributed by atoms with van der Waals surface area (Å²) in [5.41, 5.74) is -0.501. The Morgan fingerprint density at radius 2 is 1.80 bits per heavy atom. The Balaban J connectivity index is 1.77. The first-order valence-electron chi connectivity index (χ1n) is 7.64. The maximum absolute atomic E-state index is 13.5. The molecule has 134 valence electrons. The minimum Gasteiger partial charge on any atom is -0.377 e. The van der Waals surface area contributed by atoms with Gasteiger partial charge in [-0.25, -0.2) is 4.39 Å². The monoisotopic (exact) mass is 355 g/mol. The zero-order valence-electron chi connectivity index (χ0n) is 13.3. The largest absolute Gasteiger partial charge is 0.416 e. The number of ether oxygens (including phenoxy) is 1. The molecule has 25 heavy (non-hydrogen) atoms. The lowest BCUT2D eigenvalue weighted by Gasteiger charge is -2.11. The molecule has 0 aliphatic heterocycles. The molecule has 0 radical (unpaired) electrons. The van der Waals surface area contributed by atoms with E-state index in [1.165, 1.54) is 0 Å². The minimum atomic E-state index is -4.60. The molecule has 0 bridgehead atoms. The molecule has 7 heteroatoms. The second-order valence-electron chi connectivity index (χ2n) is 5.38. The number of carbonyl (C=O) groups is 1. The van der Waals surface area contributed by atoms with Crippen molar-refractivity contribution in [3.05, 3.63) is 65.5 Å². The van der Waals surface area contributed by atoms with E-state index in [4.69, 9.17) is 4.74 Å². The van der Waals surface area contributed by atoms with Crippen molar-refractivity contribution in [3.63, 3.8) is 0 Å². The zero-order valence-corrected chi connectivity index (χ0v) is 13.3. The summed E-state index contributed by atoms with van der Waals surface area (Å²) < 4.78 is 56.8. The number of nitrogens with one attached hydrogen (secondary N) is 1. The number of halogens is 4. The third-order valence-electron chi connectivity index (χ3n) is 3.37. The van der Waals surface area contributed by atoms with Gasteiger partial charge in [-0.3, -0.25) is 4.79 Å². The molecule has 0 unspecified atom stereocenters. The van der Waals surface area contributed by atoms with Crippen LogP contribution in [0.3, 0.4) is 0 Å². The van der Waals surface area contributed by atoms with Gasteiger partial charge < -0.3 is 10.1 Å². The van der Waals surface area contributed by atoms with Gasteiger partial charge in [-0.05, 0) is 30.2 Å². The molecule has 2 rings (SSSR count). The molecule has 0 aromatic heterocycles. The first-order valence-corrected chi connectivity index (χ1v) is 7.64. The van der Waals surface area contributed by atoms with Gasteiger partial charge in [0.1, 0.15) is 5.82 Å². The normalized spacial score (nSPS) is 11.4. The Morgan fingerprint density at radius 3 is 2.48 bits per heavy atom. The van der Waals surface area contributed by atoms with E-state index in [0.29, 0.717) is 37.8 Å². The maximum atomic E-state index is 13.5. The van der Waals surface area contributed by atoms with Gasteiger partial charge in [0, 0.05) is 13.0 Å². The molecule has 0 aliphatic carbocycles. The number of carbonyl (C=O) groups excluding carboxylic acids is 1. The predicted molar refractivity (Wildman–Crippen MR) is 85.4 cm³/mol. The van der Waals surface area contributed by atoms with E-state index in [2.05, 4.69) is 5.32 Å². The highest BCUT2D eigenvalue weighted by molar-refractivity contribution is 5.90. The molecule has 0 heterocycles. The Kier molecular flexibility index (Phi) is 6.52. The fraction of sp³-hybridized carbons (Fsp3) is 0.278. The summed E-state index contributed by atoms with van der Waals surface area (Å²) in [7, 11) is 0. The van der Waals surface area contributed by atoms with Crippen molar-refractivity contribution in [3.8, 4) is 0 Å². The molecule has 2 aromatic carbocycles. The first kappa shape index (κ1) is 18.9. The quantitative estimate of drug-likeness (QED) is 0.573. The summed E-state index contributed by atoms with van der Waals surface area (Å²) in [6.45, 7) is 0.720. The van der Waals surface area contributed by atoms with Crippen LogP contribution >= 0.6 is 0 Å². The van der Waals surface area contributed by atoms with Crippen molar-refractivity contribution in [1.82, 2.24) is 0 Å². The first-order chi connectivity index (χ1) is 11.9. The third-order valence-corrected chi connectivity index (χ3v) is 3.37. The molecule has 0 atom stereocenters. The predicted octanol–water partition coefficient (Wildman–Crippen LogP) is 4.78. The van der Waals surface area contributed by atoms with Crippen LogP contribution < -0.4 is 5.32 Å². The molecular formula is C18H17F4NO2. The minimum absolute atomic E-state index is 0.0183. The standard InChI is InChI=1S/C18H17F4NO2/c19-15-9-8-14(18(20,21)22)11-16(15)23-17(24)7-4-10-25-12-13-5-2-1-3-6-13/h1-3,5-6,8-9,11H,4,7,10,12H2,(H,23,24).